The van der Waals surface area contributed by atoms with Gasteiger partial charge in [-0.05, 0) is 43.0 Å². The van der Waals surface area contributed by atoms with Crippen LogP contribution in [0.25, 0.3) is 0 Å². The Hall–Kier alpha value is -3.82. The second-order valence-corrected chi connectivity index (χ2v) is 9.02. The molecule has 0 radical (unpaired) electrons. The molecular weight excluding hydrogens is 478 g/mol. The lowest BCUT2D eigenvalue weighted by Gasteiger charge is -2.32. The molecule has 0 aliphatic heterocycles. The number of nitro groups is 1. The van der Waals surface area contributed by atoms with Crippen LogP contribution in [-0.4, -0.2) is 54.5 Å². The minimum Gasteiger partial charge on any atom is -0.497 e. The van der Waals surface area contributed by atoms with Gasteiger partial charge in [0.05, 0.1) is 19.1 Å². The van der Waals surface area contributed by atoms with Crippen molar-refractivity contribution in [3.05, 3.63) is 58.1 Å². The fraction of sp³-hybridized carbons (Fsp3) is 0.481. The van der Waals surface area contributed by atoms with Crippen LogP contribution >= 0.6 is 0 Å². The zero-order valence-corrected chi connectivity index (χ0v) is 21.6. The highest BCUT2D eigenvalue weighted by atomic mass is 16.6. The van der Waals surface area contributed by atoms with Crippen molar-refractivity contribution in [2.75, 3.05) is 20.8 Å². The molecule has 0 aromatic heterocycles. The molecule has 10 heteroatoms. The van der Waals surface area contributed by atoms with E-state index in [1.54, 1.807) is 7.11 Å². The van der Waals surface area contributed by atoms with Gasteiger partial charge in [0.1, 0.15) is 17.5 Å². The molecule has 2 amide bonds. The fourth-order valence-electron chi connectivity index (χ4n) is 4.56. The summed E-state index contributed by atoms with van der Waals surface area (Å²) >= 11 is 0. The van der Waals surface area contributed by atoms with Crippen molar-refractivity contribution in [2.24, 2.45) is 0 Å². The van der Waals surface area contributed by atoms with E-state index >= 15 is 0 Å². The van der Waals surface area contributed by atoms with E-state index in [4.69, 9.17) is 14.2 Å². The maximum atomic E-state index is 13.5. The Balaban J connectivity index is 1.79. The zero-order valence-electron chi connectivity index (χ0n) is 21.6. The Kier molecular flexibility index (Phi) is 10.1. The van der Waals surface area contributed by atoms with Crippen molar-refractivity contribution in [1.82, 2.24) is 10.2 Å². The number of ether oxygens (including phenoxy) is 3. The Labute approximate surface area is 217 Å². The van der Waals surface area contributed by atoms with Crippen LogP contribution in [0.1, 0.15) is 51.0 Å². The average Bonchev–Trinajstić information content (AvgIpc) is 2.91. The number of hydrogen-bond acceptors (Lipinski definition) is 7. The van der Waals surface area contributed by atoms with Crippen molar-refractivity contribution >= 4 is 17.5 Å². The minimum atomic E-state index is -0.685. The van der Waals surface area contributed by atoms with E-state index in [1.165, 1.54) is 36.6 Å². The number of hydrogen-bond donors (Lipinski definition) is 1. The van der Waals surface area contributed by atoms with E-state index in [2.05, 4.69) is 5.32 Å². The van der Waals surface area contributed by atoms with Crippen LogP contribution < -0.4 is 19.5 Å². The molecule has 1 saturated carbocycles. The third-order valence-electron chi connectivity index (χ3n) is 6.53. The van der Waals surface area contributed by atoms with E-state index in [-0.39, 0.29) is 48.2 Å². The van der Waals surface area contributed by atoms with Crippen LogP contribution in [0.15, 0.2) is 42.5 Å². The minimum absolute atomic E-state index is 0.0291. The van der Waals surface area contributed by atoms with E-state index < -0.39 is 11.0 Å². The average molecular weight is 514 g/mol. The molecule has 37 heavy (non-hydrogen) atoms. The molecule has 2 aromatic rings. The molecule has 1 N–H and O–H groups in total. The molecule has 10 nitrogen and oxygen atoms in total. The first-order chi connectivity index (χ1) is 17.9. The van der Waals surface area contributed by atoms with Crippen LogP contribution in [0.4, 0.5) is 5.69 Å². The van der Waals surface area contributed by atoms with Gasteiger partial charge in [-0.2, -0.15) is 0 Å². The number of carbonyl (C=O) groups excluding carboxylic acids is 2. The van der Waals surface area contributed by atoms with Gasteiger partial charge in [-0.15, -0.1) is 0 Å². The van der Waals surface area contributed by atoms with Crippen molar-refractivity contribution in [3.8, 4) is 17.2 Å². The Morgan fingerprint density at radius 1 is 1.08 bits per heavy atom. The van der Waals surface area contributed by atoms with Crippen molar-refractivity contribution < 1.29 is 28.7 Å². The first-order valence-corrected chi connectivity index (χ1v) is 12.5. The van der Waals surface area contributed by atoms with Crippen LogP contribution in [0.2, 0.25) is 0 Å². The lowest BCUT2D eigenvalue weighted by Crippen LogP contribution is -2.52. The summed E-state index contributed by atoms with van der Waals surface area (Å²) in [5.41, 5.74) is 0.611. The quantitative estimate of drug-likeness (QED) is 0.333. The van der Waals surface area contributed by atoms with Gasteiger partial charge in [-0.1, -0.05) is 38.3 Å². The molecule has 3 rings (SSSR count). The summed E-state index contributed by atoms with van der Waals surface area (Å²) in [5.74, 6) is 0.366. The highest BCUT2D eigenvalue weighted by molar-refractivity contribution is 5.88. The van der Waals surface area contributed by atoms with Gasteiger partial charge in [0.2, 0.25) is 11.7 Å². The standard InChI is InChI=1S/C27H35N3O7/c1-4-23(27(32)28-20-10-6-5-7-11-20)29(17-19-9-8-12-21(15-19)35-2)26(31)18-37-22-13-14-24(30(33)34)25(16-22)36-3/h8-9,12-16,20,23H,4-7,10-11,17-18H2,1-3H3,(H,28,32). The zero-order chi connectivity index (χ0) is 26.8. The summed E-state index contributed by atoms with van der Waals surface area (Å²) in [6.45, 7) is 1.72. The molecule has 1 fully saturated rings. The Bertz CT molecular complexity index is 1090. The van der Waals surface area contributed by atoms with Crippen LogP contribution in [0.5, 0.6) is 17.2 Å². The van der Waals surface area contributed by atoms with E-state index in [0.717, 1.165) is 31.2 Å². The van der Waals surface area contributed by atoms with Crippen LogP contribution in [-0.2, 0) is 16.1 Å². The van der Waals surface area contributed by atoms with Crippen molar-refractivity contribution in [2.45, 2.75) is 64.1 Å². The fourth-order valence-corrected chi connectivity index (χ4v) is 4.56. The molecule has 0 spiro atoms. The molecular formula is C27H35N3O7. The number of benzene rings is 2. The van der Waals surface area contributed by atoms with Gasteiger partial charge in [-0.3, -0.25) is 19.7 Å². The topological polar surface area (TPSA) is 120 Å². The predicted octanol–water partition coefficient (Wildman–Crippen LogP) is 4.25. The Morgan fingerprint density at radius 3 is 2.49 bits per heavy atom. The van der Waals surface area contributed by atoms with E-state index in [1.807, 2.05) is 31.2 Å². The summed E-state index contributed by atoms with van der Waals surface area (Å²) in [5, 5.41) is 14.3. The van der Waals surface area contributed by atoms with Gasteiger partial charge in [0.15, 0.2) is 6.61 Å². The molecule has 0 heterocycles. The van der Waals surface area contributed by atoms with Crippen LogP contribution in [0.3, 0.4) is 0 Å². The van der Waals surface area contributed by atoms with Gasteiger partial charge >= 0.3 is 5.69 Å². The van der Waals surface area contributed by atoms with Crippen LogP contribution in [0, 0.1) is 10.1 Å². The number of carbonyl (C=O) groups is 2. The second kappa shape index (κ2) is 13.5. The molecule has 1 unspecified atom stereocenters. The largest absolute Gasteiger partial charge is 0.497 e. The van der Waals surface area contributed by atoms with Gasteiger partial charge < -0.3 is 24.4 Å². The van der Waals surface area contributed by atoms with Gasteiger partial charge in [-0.25, -0.2) is 0 Å². The second-order valence-electron chi connectivity index (χ2n) is 9.02. The van der Waals surface area contributed by atoms with Crippen molar-refractivity contribution in [3.63, 3.8) is 0 Å². The summed E-state index contributed by atoms with van der Waals surface area (Å²) in [7, 11) is 2.89. The normalized spacial score (nSPS) is 14.4. The maximum absolute atomic E-state index is 13.5. The van der Waals surface area contributed by atoms with Gasteiger partial charge in [0.25, 0.3) is 5.91 Å². The monoisotopic (exact) mass is 513 g/mol. The van der Waals surface area contributed by atoms with E-state index in [0.29, 0.717) is 12.2 Å². The molecule has 200 valence electrons. The van der Waals surface area contributed by atoms with Gasteiger partial charge in [0, 0.05) is 24.7 Å². The summed E-state index contributed by atoms with van der Waals surface area (Å²) in [6.07, 6.45) is 5.66. The molecule has 0 bridgehead atoms. The van der Waals surface area contributed by atoms with Crippen molar-refractivity contribution in [1.29, 1.82) is 0 Å². The maximum Gasteiger partial charge on any atom is 0.311 e. The number of nitrogens with zero attached hydrogens (tertiary/aromatic N) is 2. The highest BCUT2D eigenvalue weighted by Crippen LogP contribution is 2.31. The predicted molar refractivity (Wildman–Crippen MR) is 138 cm³/mol. The van der Waals surface area contributed by atoms with E-state index in [9.17, 15) is 19.7 Å². The first kappa shape index (κ1) is 27.8. The number of methoxy groups -OCH3 is 2. The number of rotatable bonds is 12. The number of nitro benzene ring substituents is 1. The lowest BCUT2D eigenvalue weighted by molar-refractivity contribution is -0.385. The summed E-state index contributed by atoms with van der Waals surface area (Å²) in [4.78, 5) is 38.9. The lowest BCUT2D eigenvalue weighted by atomic mass is 9.95. The molecule has 2 aromatic carbocycles. The Morgan fingerprint density at radius 2 is 1.84 bits per heavy atom. The number of amides is 2. The molecule has 0 saturated heterocycles. The molecule has 1 atom stereocenters. The molecule has 1 aliphatic carbocycles. The third kappa shape index (κ3) is 7.58. The SMILES string of the molecule is CCC(C(=O)NC1CCCCC1)N(Cc1cccc(OC)c1)C(=O)COc1ccc([N+](=O)[O-])c(OC)c1. The smallest absolute Gasteiger partial charge is 0.311 e. The summed E-state index contributed by atoms with van der Waals surface area (Å²) < 4.78 is 16.1. The highest BCUT2D eigenvalue weighted by Gasteiger charge is 2.31. The third-order valence-corrected chi connectivity index (χ3v) is 6.53. The number of nitrogens with one attached hydrogen (secondary N) is 1. The summed E-state index contributed by atoms with van der Waals surface area (Å²) in [6, 6.07) is 10.8. The molecule has 1 aliphatic rings. The first-order valence-electron chi connectivity index (χ1n) is 12.5.